The maximum absolute atomic E-state index is 12.7. The van der Waals surface area contributed by atoms with E-state index < -0.39 is 16.7 Å². The molecule has 1 aromatic carbocycles. The van der Waals surface area contributed by atoms with Crippen LogP contribution in [0.2, 0.25) is 0 Å². The van der Waals surface area contributed by atoms with Crippen molar-refractivity contribution in [2.45, 2.75) is 20.0 Å². The van der Waals surface area contributed by atoms with Crippen LogP contribution >= 0.6 is 0 Å². The van der Waals surface area contributed by atoms with Gasteiger partial charge < -0.3 is 15.1 Å². The maximum Gasteiger partial charge on any atom is 0.307 e. The summed E-state index contributed by atoms with van der Waals surface area (Å²) >= 11 is 0. The lowest BCUT2D eigenvalue weighted by Gasteiger charge is -2.05. The van der Waals surface area contributed by atoms with Crippen LogP contribution in [0.15, 0.2) is 65.5 Å². The summed E-state index contributed by atoms with van der Waals surface area (Å²) in [6, 6.07) is 11.9. The van der Waals surface area contributed by atoms with Gasteiger partial charge in [0.25, 0.3) is 11.8 Å². The van der Waals surface area contributed by atoms with Crippen molar-refractivity contribution in [1.29, 1.82) is 0 Å². The molecule has 3 aromatic heterocycles. The van der Waals surface area contributed by atoms with Gasteiger partial charge in [-0.2, -0.15) is 10.2 Å². The van der Waals surface area contributed by atoms with Crippen LogP contribution in [0.3, 0.4) is 0 Å². The molecule has 0 radical (unpaired) electrons. The van der Waals surface area contributed by atoms with Gasteiger partial charge in [-0.05, 0) is 31.2 Å². The summed E-state index contributed by atoms with van der Waals surface area (Å²) < 4.78 is 8.41. The molecule has 0 atom stereocenters. The van der Waals surface area contributed by atoms with E-state index in [4.69, 9.17) is 4.42 Å². The van der Waals surface area contributed by atoms with Gasteiger partial charge in [-0.15, -0.1) is 0 Å². The second-order valence-corrected chi connectivity index (χ2v) is 6.94. The zero-order chi connectivity index (χ0) is 23.4. The first-order chi connectivity index (χ1) is 15.9. The highest BCUT2D eigenvalue weighted by Gasteiger charge is 2.21. The number of nitro groups is 1. The van der Waals surface area contributed by atoms with Gasteiger partial charge in [-0.25, -0.2) is 0 Å². The van der Waals surface area contributed by atoms with E-state index in [0.717, 1.165) is 6.20 Å². The van der Waals surface area contributed by atoms with E-state index in [-0.39, 0.29) is 29.4 Å². The molecule has 0 bridgehead atoms. The molecular weight excluding hydrogens is 430 g/mol. The normalized spacial score (nSPS) is 10.7. The molecule has 2 amide bonds. The fourth-order valence-electron chi connectivity index (χ4n) is 3.02. The molecule has 0 saturated carbocycles. The van der Waals surface area contributed by atoms with Gasteiger partial charge in [0, 0.05) is 18.4 Å². The number of aryl methyl sites for hydroxylation is 1. The number of para-hydroxylation sites is 1. The van der Waals surface area contributed by atoms with Crippen molar-refractivity contribution >= 4 is 28.9 Å². The fraction of sp³-hybridized carbons (Fsp3) is 0.143. The van der Waals surface area contributed by atoms with Crippen LogP contribution in [0.5, 0.6) is 0 Å². The van der Waals surface area contributed by atoms with Crippen LogP contribution in [-0.2, 0) is 13.1 Å². The standard InChI is InChI=1S/C21H19N7O5/c1-2-26-13-17(19(25-26)21(30)23-14-6-4-3-5-7-14)24-20(29)18-9-8-16(33-18)12-27-11-15(10-22-27)28(31)32/h3-11,13H,2,12H2,1H3,(H,23,30)(H,24,29). The Morgan fingerprint density at radius 2 is 1.85 bits per heavy atom. The second-order valence-electron chi connectivity index (χ2n) is 6.94. The van der Waals surface area contributed by atoms with Crippen LogP contribution in [0.25, 0.3) is 0 Å². The number of hydrogen-bond donors (Lipinski definition) is 2. The average molecular weight is 449 g/mol. The van der Waals surface area contributed by atoms with Crippen molar-refractivity contribution < 1.29 is 18.9 Å². The van der Waals surface area contributed by atoms with Crippen LogP contribution in [0.1, 0.15) is 33.7 Å². The third-order valence-corrected chi connectivity index (χ3v) is 4.61. The fourth-order valence-corrected chi connectivity index (χ4v) is 3.02. The number of carbonyl (C=O) groups is 2. The summed E-state index contributed by atoms with van der Waals surface area (Å²) in [5.41, 5.74) is 0.745. The van der Waals surface area contributed by atoms with Crippen LogP contribution in [0.4, 0.5) is 17.1 Å². The average Bonchev–Trinajstić information content (AvgIpc) is 3.54. The molecule has 12 nitrogen and oxygen atoms in total. The summed E-state index contributed by atoms with van der Waals surface area (Å²) in [4.78, 5) is 35.7. The first kappa shape index (κ1) is 21.5. The highest BCUT2D eigenvalue weighted by Crippen LogP contribution is 2.19. The van der Waals surface area contributed by atoms with E-state index in [1.165, 1.54) is 21.6 Å². The van der Waals surface area contributed by atoms with Gasteiger partial charge in [0.2, 0.25) is 0 Å². The zero-order valence-electron chi connectivity index (χ0n) is 17.5. The minimum absolute atomic E-state index is 0.00493. The van der Waals surface area contributed by atoms with Crippen molar-refractivity contribution in [2.75, 3.05) is 10.6 Å². The summed E-state index contributed by atoms with van der Waals surface area (Å²) in [6.45, 7) is 2.47. The highest BCUT2D eigenvalue weighted by molar-refractivity contribution is 6.10. The molecule has 168 valence electrons. The van der Waals surface area contributed by atoms with Crippen molar-refractivity contribution in [3.63, 3.8) is 0 Å². The Balaban J connectivity index is 1.47. The summed E-state index contributed by atoms with van der Waals surface area (Å²) in [6.07, 6.45) is 3.95. The van der Waals surface area contributed by atoms with Crippen molar-refractivity contribution in [1.82, 2.24) is 19.6 Å². The minimum atomic E-state index is -0.572. The van der Waals surface area contributed by atoms with Gasteiger partial charge in [0.1, 0.15) is 18.2 Å². The molecule has 0 aliphatic rings. The first-order valence-corrected chi connectivity index (χ1v) is 9.93. The minimum Gasteiger partial charge on any atom is -0.454 e. The quantitative estimate of drug-likeness (QED) is 0.310. The Hall–Kier alpha value is -4.74. The molecular formula is C21H19N7O5. The number of aromatic nitrogens is 4. The van der Waals surface area contributed by atoms with Crippen LogP contribution < -0.4 is 10.6 Å². The van der Waals surface area contributed by atoms with Crippen molar-refractivity contribution in [2.24, 2.45) is 0 Å². The maximum atomic E-state index is 12.7. The highest BCUT2D eigenvalue weighted by atomic mass is 16.6. The van der Waals surface area contributed by atoms with Gasteiger partial charge in [-0.1, -0.05) is 18.2 Å². The molecule has 0 aliphatic carbocycles. The predicted octanol–water partition coefficient (Wildman–Crippen LogP) is 3.15. The van der Waals surface area contributed by atoms with E-state index >= 15 is 0 Å². The molecule has 12 heteroatoms. The molecule has 0 saturated heterocycles. The monoisotopic (exact) mass is 449 g/mol. The second kappa shape index (κ2) is 9.18. The summed E-state index contributed by atoms with van der Waals surface area (Å²) in [7, 11) is 0. The number of amides is 2. The molecule has 0 spiro atoms. The summed E-state index contributed by atoms with van der Waals surface area (Å²) in [5.74, 6) is -0.656. The number of carbonyl (C=O) groups excluding carboxylic acids is 2. The van der Waals surface area contributed by atoms with E-state index in [0.29, 0.717) is 18.0 Å². The molecule has 0 aliphatic heterocycles. The molecule has 0 unspecified atom stereocenters. The van der Waals surface area contributed by atoms with Gasteiger partial charge in [0.05, 0.1) is 17.2 Å². The lowest BCUT2D eigenvalue weighted by atomic mass is 10.3. The Kier molecular flexibility index (Phi) is 5.98. The Morgan fingerprint density at radius 3 is 2.55 bits per heavy atom. The zero-order valence-corrected chi connectivity index (χ0v) is 17.5. The third-order valence-electron chi connectivity index (χ3n) is 4.61. The van der Waals surface area contributed by atoms with Crippen molar-refractivity contribution in [3.05, 3.63) is 88.4 Å². The number of nitrogens with zero attached hydrogens (tertiary/aromatic N) is 5. The molecule has 0 fully saturated rings. The Morgan fingerprint density at radius 1 is 1.06 bits per heavy atom. The van der Waals surface area contributed by atoms with Gasteiger partial charge in [0.15, 0.2) is 11.5 Å². The number of hydrogen-bond acceptors (Lipinski definition) is 7. The molecule has 33 heavy (non-hydrogen) atoms. The number of furan rings is 1. The first-order valence-electron chi connectivity index (χ1n) is 9.93. The van der Waals surface area contributed by atoms with E-state index in [1.807, 2.05) is 13.0 Å². The lowest BCUT2D eigenvalue weighted by Crippen LogP contribution is -2.17. The van der Waals surface area contributed by atoms with E-state index in [1.54, 1.807) is 36.5 Å². The van der Waals surface area contributed by atoms with Crippen molar-refractivity contribution in [3.8, 4) is 0 Å². The number of rotatable bonds is 8. The Labute approximate surface area is 187 Å². The molecule has 4 aromatic rings. The SMILES string of the molecule is CCn1cc(NC(=O)c2ccc(Cn3cc([N+](=O)[O-])cn3)o2)c(C(=O)Nc2ccccc2)n1. The largest absolute Gasteiger partial charge is 0.454 e. The summed E-state index contributed by atoms with van der Waals surface area (Å²) in [5, 5.41) is 24.3. The molecule has 3 heterocycles. The number of nitrogens with one attached hydrogen (secondary N) is 2. The predicted molar refractivity (Wildman–Crippen MR) is 117 cm³/mol. The van der Waals surface area contributed by atoms with E-state index in [2.05, 4.69) is 20.8 Å². The topological polar surface area (TPSA) is 150 Å². The van der Waals surface area contributed by atoms with Crippen LogP contribution in [0, 0.1) is 10.1 Å². The van der Waals surface area contributed by atoms with Crippen LogP contribution in [-0.4, -0.2) is 36.3 Å². The van der Waals surface area contributed by atoms with Gasteiger partial charge in [-0.3, -0.25) is 29.1 Å². The van der Waals surface area contributed by atoms with E-state index in [9.17, 15) is 19.7 Å². The molecule has 2 N–H and O–H groups in total. The third kappa shape index (κ3) is 4.95. The number of anilines is 2. The Bertz CT molecular complexity index is 1310. The molecule has 4 rings (SSSR count). The number of benzene rings is 1. The smallest absolute Gasteiger partial charge is 0.307 e. The van der Waals surface area contributed by atoms with Gasteiger partial charge >= 0.3 is 5.69 Å². The lowest BCUT2D eigenvalue weighted by molar-refractivity contribution is -0.385.